The zero-order valence-corrected chi connectivity index (χ0v) is 23.2. The smallest absolute Gasteiger partial charge is 0.0859 e. The van der Waals surface area contributed by atoms with E-state index in [-0.39, 0.29) is 0 Å². The van der Waals surface area contributed by atoms with E-state index in [2.05, 4.69) is 64.6 Å². The standard InChI is InChI=1S/C15H25N3.C14H23N3O/c1-4-11-12-5-7-14-15(8-6-13(11)12)18(17-16-14)9-10(2)3;1-9(2)7-17-14-6-4-11-10(12(11)8-18)3-5-13(14)15-16-17/h10-13H,4-9H2,1-3H3;9-12,18H,3-8H2,1-2H3/t11-,12+,13-;10-,11+,12-/m01/s1. The molecule has 6 rings (SSSR count). The van der Waals surface area contributed by atoms with Gasteiger partial charge in [0.05, 0.1) is 22.8 Å². The number of aliphatic hydroxyl groups excluding tert-OH is 1. The molecule has 0 radical (unpaired) electrons. The van der Waals surface area contributed by atoms with Gasteiger partial charge in [0.1, 0.15) is 0 Å². The lowest BCUT2D eigenvalue weighted by Crippen LogP contribution is -2.12. The summed E-state index contributed by atoms with van der Waals surface area (Å²) in [4.78, 5) is 0. The minimum absolute atomic E-state index is 0.372. The second-order valence-electron chi connectivity index (χ2n) is 12.8. The first-order chi connectivity index (χ1) is 17.4. The average Bonchev–Trinajstić information content (AvgIpc) is 3.58. The number of hydrogen-bond donors (Lipinski definition) is 1. The van der Waals surface area contributed by atoms with E-state index in [1.165, 1.54) is 61.3 Å². The Balaban J connectivity index is 0.000000148. The lowest BCUT2D eigenvalue weighted by atomic mass is 10.0. The summed E-state index contributed by atoms with van der Waals surface area (Å²) in [6.07, 6.45) is 11.0. The van der Waals surface area contributed by atoms with Gasteiger partial charge in [-0.25, -0.2) is 9.36 Å². The first-order valence-electron chi connectivity index (χ1n) is 14.8. The second-order valence-corrected chi connectivity index (χ2v) is 12.8. The number of aliphatic hydroxyl groups is 1. The summed E-state index contributed by atoms with van der Waals surface area (Å²) >= 11 is 0. The van der Waals surface area contributed by atoms with Crippen molar-refractivity contribution in [2.24, 2.45) is 47.3 Å². The molecule has 7 nitrogen and oxygen atoms in total. The van der Waals surface area contributed by atoms with Crippen molar-refractivity contribution >= 4 is 0 Å². The Morgan fingerprint density at radius 2 is 1.11 bits per heavy atom. The predicted molar refractivity (Wildman–Crippen MR) is 141 cm³/mol. The molecule has 0 aromatic carbocycles. The summed E-state index contributed by atoms with van der Waals surface area (Å²) in [5, 5.41) is 26.8. The van der Waals surface area contributed by atoms with Crippen LogP contribution in [0.5, 0.6) is 0 Å². The third-order valence-electron chi connectivity index (χ3n) is 9.47. The van der Waals surface area contributed by atoms with Crippen molar-refractivity contribution in [2.75, 3.05) is 6.61 Å². The molecule has 2 aromatic heterocycles. The van der Waals surface area contributed by atoms with Crippen LogP contribution in [0.3, 0.4) is 0 Å². The van der Waals surface area contributed by atoms with Gasteiger partial charge in [0.25, 0.3) is 0 Å². The zero-order valence-electron chi connectivity index (χ0n) is 23.2. The molecule has 2 heterocycles. The van der Waals surface area contributed by atoms with Crippen LogP contribution in [0.1, 0.15) is 89.5 Å². The fraction of sp³-hybridized carbons (Fsp3) is 0.862. The van der Waals surface area contributed by atoms with Crippen LogP contribution >= 0.6 is 0 Å². The Kier molecular flexibility index (Phi) is 7.85. The summed E-state index contributed by atoms with van der Waals surface area (Å²) in [5.74, 6) is 6.35. The van der Waals surface area contributed by atoms with E-state index in [9.17, 15) is 5.11 Å². The maximum atomic E-state index is 9.33. The van der Waals surface area contributed by atoms with Crippen molar-refractivity contribution in [3.8, 4) is 0 Å². The number of aromatic nitrogens is 6. The van der Waals surface area contributed by atoms with Gasteiger partial charge in [0.2, 0.25) is 0 Å². The second kappa shape index (κ2) is 10.9. The molecule has 0 aliphatic heterocycles. The molecule has 0 unspecified atom stereocenters. The van der Waals surface area contributed by atoms with Gasteiger partial charge in [-0.2, -0.15) is 0 Å². The molecule has 0 amide bonds. The van der Waals surface area contributed by atoms with Crippen molar-refractivity contribution in [3.63, 3.8) is 0 Å². The molecule has 2 aromatic rings. The molecule has 4 aliphatic carbocycles. The number of aryl methyl sites for hydroxylation is 2. The molecule has 6 atom stereocenters. The van der Waals surface area contributed by atoms with Crippen LogP contribution in [0, 0.1) is 47.3 Å². The van der Waals surface area contributed by atoms with Gasteiger partial charge in [-0.05, 0) is 98.7 Å². The number of nitrogens with zero attached hydrogens (tertiary/aromatic N) is 6. The van der Waals surface area contributed by atoms with Gasteiger partial charge in [-0.15, -0.1) is 10.2 Å². The molecular weight excluding hydrogens is 448 g/mol. The Morgan fingerprint density at radius 1 is 0.694 bits per heavy atom. The first kappa shape index (κ1) is 25.9. The molecule has 0 saturated heterocycles. The summed E-state index contributed by atoms with van der Waals surface area (Å²) < 4.78 is 4.28. The number of rotatable bonds is 6. The van der Waals surface area contributed by atoms with Gasteiger partial charge in [0, 0.05) is 19.7 Å². The highest BCUT2D eigenvalue weighted by molar-refractivity contribution is 5.16. The summed E-state index contributed by atoms with van der Waals surface area (Å²) in [6.45, 7) is 13.7. The van der Waals surface area contributed by atoms with E-state index in [1.807, 2.05) is 0 Å². The lowest BCUT2D eigenvalue weighted by molar-refractivity contribution is 0.262. The Labute approximate surface area is 217 Å². The molecule has 2 fully saturated rings. The van der Waals surface area contributed by atoms with E-state index in [1.54, 1.807) is 0 Å². The zero-order chi connectivity index (χ0) is 25.4. The molecule has 200 valence electrons. The van der Waals surface area contributed by atoms with Crippen molar-refractivity contribution in [1.82, 2.24) is 30.0 Å². The van der Waals surface area contributed by atoms with Crippen molar-refractivity contribution in [1.29, 1.82) is 0 Å². The normalized spacial score (nSPS) is 30.6. The summed E-state index contributed by atoms with van der Waals surface area (Å²) in [6, 6.07) is 0. The topological polar surface area (TPSA) is 81.7 Å². The molecule has 0 bridgehead atoms. The molecule has 4 aliphatic rings. The minimum Gasteiger partial charge on any atom is -0.396 e. The monoisotopic (exact) mass is 496 g/mol. The molecule has 0 spiro atoms. The van der Waals surface area contributed by atoms with Gasteiger partial charge < -0.3 is 5.11 Å². The first-order valence-corrected chi connectivity index (χ1v) is 14.8. The third kappa shape index (κ3) is 5.41. The maximum Gasteiger partial charge on any atom is 0.0859 e. The van der Waals surface area contributed by atoms with Gasteiger partial charge in [-0.3, -0.25) is 0 Å². The van der Waals surface area contributed by atoms with Crippen molar-refractivity contribution < 1.29 is 5.11 Å². The molecule has 7 heteroatoms. The Bertz CT molecular complexity index is 929. The Hall–Kier alpha value is -1.76. The van der Waals surface area contributed by atoms with Gasteiger partial charge >= 0.3 is 0 Å². The minimum atomic E-state index is 0.372. The van der Waals surface area contributed by atoms with Crippen LogP contribution in [-0.2, 0) is 38.8 Å². The lowest BCUT2D eigenvalue weighted by Gasteiger charge is -2.12. The maximum absolute atomic E-state index is 9.33. The Morgan fingerprint density at radius 3 is 1.50 bits per heavy atom. The molecule has 1 N–H and O–H groups in total. The van der Waals surface area contributed by atoms with Crippen molar-refractivity contribution in [2.45, 2.75) is 105 Å². The largest absolute Gasteiger partial charge is 0.396 e. The van der Waals surface area contributed by atoms with Crippen LogP contribution < -0.4 is 0 Å². The fourth-order valence-electron chi connectivity index (χ4n) is 7.51. The van der Waals surface area contributed by atoms with Crippen LogP contribution in [0.4, 0.5) is 0 Å². The van der Waals surface area contributed by atoms with Gasteiger partial charge in [0.15, 0.2) is 0 Å². The van der Waals surface area contributed by atoms with Gasteiger partial charge in [-0.1, -0.05) is 51.5 Å². The summed E-state index contributed by atoms with van der Waals surface area (Å²) in [7, 11) is 0. The highest BCUT2D eigenvalue weighted by atomic mass is 16.3. The van der Waals surface area contributed by atoms with E-state index < -0.39 is 0 Å². The highest BCUT2D eigenvalue weighted by Gasteiger charge is 2.49. The quantitative estimate of drug-likeness (QED) is 0.624. The van der Waals surface area contributed by atoms with E-state index in [4.69, 9.17) is 0 Å². The number of fused-ring (bicyclic) bond motifs is 4. The average molecular weight is 497 g/mol. The van der Waals surface area contributed by atoms with E-state index in [0.29, 0.717) is 24.4 Å². The fourth-order valence-corrected chi connectivity index (χ4v) is 7.51. The van der Waals surface area contributed by atoms with E-state index >= 15 is 0 Å². The van der Waals surface area contributed by atoms with Crippen LogP contribution in [-0.4, -0.2) is 41.7 Å². The highest BCUT2D eigenvalue weighted by Crippen LogP contribution is 2.54. The van der Waals surface area contributed by atoms with Crippen LogP contribution in [0.25, 0.3) is 0 Å². The van der Waals surface area contributed by atoms with E-state index in [0.717, 1.165) is 61.9 Å². The number of hydrogen-bond acceptors (Lipinski definition) is 5. The van der Waals surface area contributed by atoms with Crippen molar-refractivity contribution in [3.05, 3.63) is 22.8 Å². The molecular formula is C29H48N6O. The SMILES string of the molecule is CC(C)Cn1nnc2c1CC[C@@H]1[C@H](CO)[C@@H]1CC2.CC[C@H]1[C@H]2CCc3nnn(CC(C)C)c3CC[C@@H]12. The predicted octanol–water partition coefficient (Wildman–Crippen LogP) is 4.75. The van der Waals surface area contributed by atoms with Crippen LogP contribution in [0.2, 0.25) is 0 Å². The third-order valence-corrected chi connectivity index (χ3v) is 9.47. The van der Waals surface area contributed by atoms with Crippen LogP contribution in [0.15, 0.2) is 0 Å². The molecule has 2 saturated carbocycles. The molecule has 36 heavy (non-hydrogen) atoms. The summed E-state index contributed by atoms with van der Waals surface area (Å²) in [5.41, 5.74) is 5.28.